The summed E-state index contributed by atoms with van der Waals surface area (Å²) in [7, 11) is 0. The van der Waals surface area contributed by atoms with Crippen molar-refractivity contribution < 1.29 is 23.0 Å². The second-order valence-corrected chi connectivity index (χ2v) is 4.15. The van der Waals surface area contributed by atoms with Gasteiger partial charge in [0.15, 0.2) is 0 Å². The largest absolute Gasteiger partial charge is 0.466 e. The smallest absolute Gasteiger partial charge is 0.387 e. The third-order valence-electron chi connectivity index (χ3n) is 2.00. The van der Waals surface area contributed by atoms with Gasteiger partial charge in [0.2, 0.25) is 0 Å². The molecule has 0 amide bonds. The van der Waals surface area contributed by atoms with Crippen LogP contribution in [0.2, 0.25) is 0 Å². The van der Waals surface area contributed by atoms with Gasteiger partial charge in [-0.3, -0.25) is 4.79 Å². The van der Waals surface area contributed by atoms with E-state index >= 15 is 0 Å². The quantitative estimate of drug-likeness (QED) is 0.668. The molecule has 0 heterocycles. The van der Waals surface area contributed by atoms with Crippen molar-refractivity contribution >= 4 is 27.6 Å². The van der Waals surface area contributed by atoms with Crippen LogP contribution < -0.4 is 10.5 Å². The monoisotopic (exact) mass is 323 g/mol. The average Bonchev–Trinajstić information content (AvgIpc) is 2.24. The summed E-state index contributed by atoms with van der Waals surface area (Å²) in [6.45, 7) is -1.02. The first-order valence-electron chi connectivity index (χ1n) is 5.12. The second kappa shape index (κ2) is 6.53. The van der Waals surface area contributed by atoms with Crippen LogP contribution in [0.5, 0.6) is 5.75 Å². The van der Waals surface area contributed by atoms with Gasteiger partial charge in [0.25, 0.3) is 0 Å². The molecule has 0 spiro atoms. The summed E-state index contributed by atoms with van der Waals surface area (Å²) in [5.41, 5.74) is 6.29. The Morgan fingerprint density at radius 2 is 2.17 bits per heavy atom. The van der Waals surface area contributed by atoms with E-state index in [2.05, 4.69) is 20.7 Å². The van der Waals surface area contributed by atoms with E-state index in [4.69, 9.17) is 10.5 Å². The lowest BCUT2D eigenvalue weighted by atomic mass is 10.1. The molecule has 0 aliphatic rings. The van der Waals surface area contributed by atoms with Gasteiger partial charge in [-0.25, -0.2) is 0 Å². The summed E-state index contributed by atoms with van der Waals surface area (Å²) in [6.07, 6.45) is -0.0507. The molecule has 4 nitrogen and oxygen atoms in total. The summed E-state index contributed by atoms with van der Waals surface area (Å²) in [5.74, 6) is -0.563. The van der Waals surface area contributed by atoms with E-state index in [0.717, 1.165) is 0 Å². The summed E-state index contributed by atoms with van der Waals surface area (Å²) >= 11 is 3.04. The number of nitrogens with two attached hydrogens (primary N) is 1. The third kappa shape index (κ3) is 4.14. The zero-order valence-corrected chi connectivity index (χ0v) is 11.2. The number of rotatable bonds is 5. The Morgan fingerprint density at radius 1 is 1.50 bits per heavy atom. The van der Waals surface area contributed by atoms with E-state index in [0.29, 0.717) is 5.56 Å². The molecule has 0 bridgehead atoms. The van der Waals surface area contributed by atoms with Crippen molar-refractivity contribution in [3.8, 4) is 5.75 Å². The van der Waals surface area contributed by atoms with Gasteiger partial charge < -0.3 is 15.2 Å². The highest BCUT2D eigenvalue weighted by atomic mass is 79.9. The van der Waals surface area contributed by atoms with Crippen molar-refractivity contribution in [2.45, 2.75) is 20.0 Å². The number of alkyl halides is 2. The van der Waals surface area contributed by atoms with E-state index < -0.39 is 12.6 Å². The molecule has 0 aliphatic heterocycles. The molecule has 0 aliphatic carbocycles. The highest BCUT2D eigenvalue weighted by Gasteiger charge is 2.14. The lowest BCUT2D eigenvalue weighted by molar-refractivity contribution is -0.142. The Balaban J connectivity index is 2.93. The Morgan fingerprint density at radius 3 is 2.72 bits per heavy atom. The molecule has 0 fully saturated rings. The topological polar surface area (TPSA) is 61.5 Å². The SMILES string of the molecule is CCOC(=O)Cc1cc(N)c(Br)c(OC(F)F)c1. The van der Waals surface area contributed by atoms with E-state index in [-0.39, 0.29) is 28.9 Å². The summed E-state index contributed by atoms with van der Waals surface area (Å²) in [5, 5.41) is 0. The van der Waals surface area contributed by atoms with Crippen LogP contribution in [0.25, 0.3) is 0 Å². The van der Waals surface area contributed by atoms with E-state index in [9.17, 15) is 13.6 Å². The molecule has 2 N–H and O–H groups in total. The van der Waals surface area contributed by atoms with Crippen LogP contribution in [0.1, 0.15) is 12.5 Å². The summed E-state index contributed by atoms with van der Waals surface area (Å²) < 4.78 is 33.6. The molecular weight excluding hydrogens is 312 g/mol. The number of hydrogen-bond acceptors (Lipinski definition) is 4. The van der Waals surface area contributed by atoms with Crippen LogP contribution in [-0.2, 0) is 16.0 Å². The van der Waals surface area contributed by atoms with Crippen molar-refractivity contribution in [2.24, 2.45) is 0 Å². The lowest BCUT2D eigenvalue weighted by Gasteiger charge is -2.11. The van der Waals surface area contributed by atoms with Crippen molar-refractivity contribution in [1.29, 1.82) is 0 Å². The number of hydrogen-bond donors (Lipinski definition) is 1. The molecule has 18 heavy (non-hydrogen) atoms. The molecular formula is C11H12BrF2NO3. The standard InChI is InChI=1S/C11H12BrF2NO3/c1-2-17-9(16)5-6-3-7(15)10(12)8(4-6)18-11(13)14/h3-4,11H,2,5,15H2,1H3. The number of esters is 1. The first-order chi connectivity index (χ1) is 8.43. The minimum atomic E-state index is -2.96. The second-order valence-electron chi connectivity index (χ2n) is 3.36. The van der Waals surface area contributed by atoms with Crippen molar-refractivity contribution in [1.82, 2.24) is 0 Å². The number of nitrogen functional groups attached to an aromatic ring is 1. The Labute approximate surface area is 111 Å². The fourth-order valence-corrected chi connectivity index (χ4v) is 1.66. The van der Waals surface area contributed by atoms with Crippen LogP contribution >= 0.6 is 15.9 Å². The molecule has 0 saturated heterocycles. The Kier molecular flexibility index (Phi) is 5.33. The normalized spacial score (nSPS) is 10.5. The van der Waals surface area contributed by atoms with Crippen LogP contribution in [-0.4, -0.2) is 19.2 Å². The lowest BCUT2D eigenvalue weighted by Crippen LogP contribution is -2.09. The highest BCUT2D eigenvalue weighted by molar-refractivity contribution is 9.10. The number of anilines is 1. The molecule has 1 rings (SSSR count). The summed E-state index contributed by atoms with van der Waals surface area (Å²) in [4.78, 5) is 11.3. The van der Waals surface area contributed by atoms with Gasteiger partial charge in [0.05, 0.1) is 17.5 Å². The molecule has 7 heteroatoms. The highest BCUT2D eigenvalue weighted by Crippen LogP contribution is 2.33. The fraction of sp³-hybridized carbons (Fsp3) is 0.364. The van der Waals surface area contributed by atoms with E-state index in [1.165, 1.54) is 12.1 Å². The first kappa shape index (κ1) is 14.7. The maximum atomic E-state index is 12.2. The minimum Gasteiger partial charge on any atom is -0.466 e. The molecule has 0 atom stereocenters. The molecule has 1 aromatic carbocycles. The van der Waals surface area contributed by atoms with Crippen LogP contribution in [0.4, 0.5) is 14.5 Å². The van der Waals surface area contributed by atoms with Gasteiger partial charge in [-0.2, -0.15) is 8.78 Å². The average molecular weight is 324 g/mol. The Bertz CT molecular complexity index is 441. The number of ether oxygens (including phenoxy) is 2. The van der Waals surface area contributed by atoms with Gasteiger partial charge in [-0.05, 0) is 40.5 Å². The molecule has 0 unspecified atom stereocenters. The number of benzene rings is 1. The molecule has 1 aromatic rings. The fourth-order valence-electron chi connectivity index (χ4n) is 1.34. The van der Waals surface area contributed by atoms with Gasteiger partial charge in [-0.15, -0.1) is 0 Å². The van der Waals surface area contributed by atoms with Crippen LogP contribution in [0, 0.1) is 0 Å². The predicted octanol–water partition coefficient (Wildman–Crippen LogP) is 2.74. The first-order valence-corrected chi connectivity index (χ1v) is 5.91. The summed E-state index contributed by atoms with van der Waals surface area (Å²) in [6, 6.07) is 2.82. The maximum Gasteiger partial charge on any atom is 0.387 e. The van der Waals surface area contributed by atoms with E-state index in [1.54, 1.807) is 6.92 Å². The molecule has 0 radical (unpaired) electrons. The van der Waals surface area contributed by atoms with E-state index in [1.807, 2.05) is 0 Å². The van der Waals surface area contributed by atoms with Crippen LogP contribution in [0.3, 0.4) is 0 Å². The van der Waals surface area contributed by atoms with Crippen molar-refractivity contribution in [3.63, 3.8) is 0 Å². The number of halogens is 3. The maximum absolute atomic E-state index is 12.2. The molecule has 0 saturated carbocycles. The predicted molar refractivity (Wildman–Crippen MR) is 65.5 cm³/mol. The van der Waals surface area contributed by atoms with Crippen LogP contribution in [0.15, 0.2) is 16.6 Å². The zero-order chi connectivity index (χ0) is 13.7. The minimum absolute atomic E-state index is 0.0507. The number of carbonyl (C=O) groups is 1. The third-order valence-corrected chi connectivity index (χ3v) is 2.85. The van der Waals surface area contributed by atoms with Gasteiger partial charge in [-0.1, -0.05) is 0 Å². The van der Waals surface area contributed by atoms with Crippen molar-refractivity contribution in [2.75, 3.05) is 12.3 Å². The van der Waals surface area contributed by atoms with Gasteiger partial charge >= 0.3 is 12.6 Å². The van der Waals surface area contributed by atoms with Gasteiger partial charge in [0, 0.05) is 5.69 Å². The van der Waals surface area contributed by atoms with Gasteiger partial charge in [0.1, 0.15) is 5.75 Å². The zero-order valence-electron chi connectivity index (χ0n) is 9.58. The van der Waals surface area contributed by atoms with Crippen molar-refractivity contribution in [3.05, 3.63) is 22.2 Å². The molecule has 100 valence electrons. The molecule has 0 aromatic heterocycles. The Hall–Kier alpha value is -1.37. The number of carbonyl (C=O) groups excluding carboxylic acids is 1.